The Morgan fingerprint density at radius 1 is 1.14 bits per heavy atom. The summed E-state index contributed by atoms with van der Waals surface area (Å²) in [4.78, 5) is 30.4. The Kier molecular flexibility index (Phi) is 7.99. The number of nitrogens with zero attached hydrogens (tertiary/aromatic N) is 2. The molecule has 0 radical (unpaired) electrons. The largest absolute Gasteiger partial charge is 0.507 e. The number of amides is 1. The quantitative estimate of drug-likeness (QED) is 0.298. The molecule has 36 heavy (non-hydrogen) atoms. The van der Waals surface area contributed by atoms with Gasteiger partial charge in [-0.2, -0.15) is 0 Å². The molecule has 0 spiro atoms. The molecule has 1 amide bonds. The Morgan fingerprint density at radius 2 is 1.92 bits per heavy atom. The summed E-state index contributed by atoms with van der Waals surface area (Å²) in [6.45, 7) is 11.5. The SMILES string of the molecule is CCCOc1cccc([C@@H]2C(=C(O)c3ccc4c(c3)C[C@H](C)O4)C(=O)C(=O)N2CCN(CC)CC)c1. The Labute approximate surface area is 213 Å². The van der Waals surface area contributed by atoms with E-state index in [9.17, 15) is 14.7 Å². The van der Waals surface area contributed by atoms with E-state index in [1.807, 2.05) is 50.2 Å². The molecule has 2 aliphatic rings. The zero-order chi connectivity index (χ0) is 25.8. The van der Waals surface area contributed by atoms with Gasteiger partial charge in [-0.1, -0.05) is 32.9 Å². The van der Waals surface area contributed by atoms with Gasteiger partial charge in [-0.05, 0) is 67.9 Å². The second-order valence-electron chi connectivity index (χ2n) is 9.40. The zero-order valence-corrected chi connectivity index (χ0v) is 21.6. The molecule has 0 saturated carbocycles. The lowest BCUT2D eigenvalue weighted by Crippen LogP contribution is -2.38. The van der Waals surface area contributed by atoms with E-state index in [2.05, 4.69) is 18.7 Å². The maximum absolute atomic E-state index is 13.4. The van der Waals surface area contributed by atoms with Gasteiger partial charge in [0, 0.05) is 25.1 Å². The van der Waals surface area contributed by atoms with E-state index in [0.717, 1.165) is 42.8 Å². The Bertz CT molecular complexity index is 1150. The number of hydrogen-bond acceptors (Lipinski definition) is 6. The van der Waals surface area contributed by atoms with Gasteiger partial charge in [0.2, 0.25) is 0 Å². The number of carbonyl (C=O) groups is 2. The van der Waals surface area contributed by atoms with Gasteiger partial charge in [-0.15, -0.1) is 0 Å². The number of fused-ring (bicyclic) bond motifs is 1. The molecule has 2 aromatic rings. The Hall–Kier alpha value is -3.32. The fourth-order valence-corrected chi connectivity index (χ4v) is 4.97. The van der Waals surface area contributed by atoms with Crippen LogP contribution in [0.4, 0.5) is 0 Å². The fraction of sp³-hybridized carbons (Fsp3) is 0.448. The summed E-state index contributed by atoms with van der Waals surface area (Å²) in [5, 5.41) is 11.4. The van der Waals surface area contributed by atoms with Crippen molar-refractivity contribution in [2.75, 3.05) is 32.8 Å². The molecule has 2 heterocycles. The van der Waals surface area contributed by atoms with Gasteiger partial charge in [-0.25, -0.2) is 0 Å². The molecule has 2 atom stereocenters. The molecule has 0 aliphatic carbocycles. The zero-order valence-electron chi connectivity index (χ0n) is 21.6. The molecule has 7 nitrogen and oxygen atoms in total. The van der Waals surface area contributed by atoms with Crippen LogP contribution in [0.15, 0.2) is 48.0 Å². The number of rotatable bonds is 10. The Balaban J connectivity index is 1.78. The van der Waals surface area contributed by atoms with Gasteiger partial charge in [-0.3, -0.25) is 9.59 Å². The van der Waals surface area contributed by atoms with Gasteiger partial charge in [0.1, 0.15) is 23.4 Å². The lowest BCUT2D eigenvalue weighted by molar-refractivity contribution is -0.140. The van der Waals surface area contributed by atoms with Crippen LogP contribution in [0.3, 0.4) is 0 Å². The third kappa shape index (κ3) is 5.12. The van der Waals surface area contributed by atoms with Gasteiger partial charge >= 0.3 is 0 Å². The molecule has 192 valence electrons. The highest BCUT2D eigenvalue weighted by atomic mass is 16.5. The maximum Gasteiger partial charge on any atom is 0.295 e. The number of aliphatic hydroxyl groups is 1. The number of carbonyl (C=O) groups excluding carboxylic acids is 2. The maximum atomic E-state index is 13.4. The molecule has 1 fully saturated rings. The monoisotopic (exact) mass is 492 g/mol. The van der Waals surface area contributed by atoms with E-state index in [1.165, 1.54) is 0 Å². The summed E-state index contributed by atoms with van der Waals surface area (Å²) in [7, 11) is 0. The molecular weight excluding hydrogens is 456 g/mol. The summed E-state index contributed by atoms with van der Waals surface area (Å²) in [5.41, 5.74) is 2.34. The van der Waals surface area contributed by atoms with E-state index in [0.29, 0.717) is 31.0 Å². The number of hydrogen-bond donors (Lipinski definition) is 1. The summed E-state index contributed by atoms with van der Waals surface area (Å²) in [5.74, 6) is 0.0445. The molecule has 1 saturated heterocycles. The predicted molar refractivity (Wildman–Crippen MR) is 139 cm³/mol. The highest BCUT2D eigenvalue weighted by molar-refractivity contribution is 6.46. The average Bonchev–Trinajstić information content (AvgIpc) is 3.38. The average molecular weight is 493 g/mol. The van der Waals surface area contributed by atoms with Crippen LogP contribution in [0.2, 0.25) is 0 Å². The number of aliphatic hydroxyl groups excluding tert-OH is 1. The van der Waals surface area contributed by atoms with Crippen LogP contribution in [-0.4, -0.2) is 65.5 Å². The van der Waals surface area contributed by atoms with Crippen molar-refractivity contribution in [3.05, 3.63) is 64.7 Å². The number of Topliss-reactive ketones (excluding diaryl/α,β-unsaturated/α-hetero) is 1. The van der Waals surface area contributed by atoms with Crippen LogP contribution in [0.5, 0.6) is 11.5 Å². The number of ether oxygens (including phenoxy) is 2. The van der Waals surface area contributed by atoms with Crippen LogP contribution < -0.4 is 9.47 Å². The fourth-order valence-electron chi connectivity index (χ4n) is 4.97. The summed E-state index contributed by atoms with van der Waals surface area (Å²) < 4.78 is 11.6. The van der Waals surface area contributed by atoms with Crippen molar-refractivity contribution in [1.82, 2.24) is 9.80 Å². The molecule has 2 aromatic carbocycles. The first-order valence-electron chi connectivity index (χ1n) is 12.9. The topological polar surface area (TPSA) is 79.3 Å². The molecule has 2 aliphatic heterocycles. The van der Waals surface area contributed by atoms with E-state index in [-0.39, 0.29) is 17.4 Å². The van der Waals surface area contributed by atoms with Crippen LogP contribution >= 0.6 is 0 Å². The van der Waals surface area contributed by atoms with Crippen LogP contribution in [0.25, 0.3) is 5.76 Å². The second-order valence-corrected chi connectivity index (χ2v) is 9.40. The number of ketones is 1. The molecule has 4 rings (SSSR count). The second kappa shape index (κ2) is 11.2. The van der Waals surface area contributed by atoms with Crippen LogP contribution in [-0.2, 0) is 16.0 Å². The highest BCUT2D eigenvalue weighted by Gasteiger charge is 2.46. The van der Waals surface area contributed by atoms with E-state index >= 15 is 0 Å². The molecule has 0 unspecified atom stereocenters. The van der Waals surface area contributed by atoms with Gasteiger partial charge < -0.3 is 24.4 Å². The van der Waals surface area contributed by atoms with Crippen molar-refractivity contribution in [3.8, 4) is 11.5 Å². The molecule has 0 bridgehead atoms. The van der Waals surface area contributed by atoms with E-state index in [1.54, 1.807) is 11.0 Å². The van der Waals surface area contributed by atoms with E-state index in [4.69, 9.17) is 9.47 Å². The van der Waals surface area contributed by atoms with Crippen LogP contribution in [0, 0.1) is 0 Å². The lowest BCUT2D eigenvalue weighted by atomic mass is 9.94. The first-order chi connectivity index (χ1) is 17.4. The highest BCUT2D eigenvalue weighted by Crippen LogP contribution is 2.41. The first-order valence-corrected chi connectivity index (χ1v) is 12.9. The smallest absolute Gasteiger partial charge is 0.295 e. The van der Waals surface area contributed by atoms with Crippen molar-refractivity contribution in [1.29, 1.82) is 0 Å². The van der Waals surface area contributed by atoms with Gasteiger partial charge in [0.05, 0.1) is 18.2 Å². The van der Waals surface area contributed by atoms with E-state index < -0.39 is 17.7 Å². The predicted octanol–water partition coefficient (Wildman–Crippen LogP) is 4.56. The summed E-state index contributed by atoms with van der Waals surface area (Å²) in [6.07, 6.45) is 1.66. The molecule has 7 heteroatoms. The minimum Gasteiger partial charge on any atom is -0.507 e. The van der Waals surface area contributed by atoms with Gasteiger partial charge in [0.25, 0.3) is 11.7 Å². The minimum atomic E-state index is -0.700. The van der Waals surface area contributed by atoms with Crippen molar-refractivity contribution < 1.29 is 24.2 Å². The molecule has 0 aromatic heterocycles. The van der Waals surface area contributed by atoms with Crippen molar-refractivity contribution >= 4 is 17.4 Å². The number of benzene rings is 2. The standard InChI is InChI=1S/C29H36N2O5/c1-5-15-35-23-10-8-9-20(18-23)26-25(28(33)29(34)31(26)14-13-30(6-2)7-3)27(32)21-11-12-24-22(17-21)16-19(4)36-24/h8-12,17-19,26,32H,5-7,13-16H2,1-4H3/t19-,26+/m0/s1. The van der Waals surface area contributed by atoms with Crippen molar-refractivity contribution in [2.45, 2.75) is 52.7 Å². The van der Waals surface area contributed by atoms with Crippen molar-refractivity contribution in [2.24, 2.45) is 0 Å². The third-order valence-corrected chi connectivity index (χ3v) is 6.91. The third-order valence-electron chi connectivity index (χ3n) is 6.91. The van der Waals surface area contributed by atoms with Gasteiger partial charge in [0.15, 0.2) is 0 Å². The van der Waals surface area contributed by atoms with Crippen molar-refractivity contribution in [3.63, 3.8) is 0 Å². The van der Waals surface area contributed by atoms with Crippen LogP contribution in [0.1, 0.15) is 56.8 Å². The number of likely N-dealkylation sites (tertiary alicyclic amines) is 1. The first kappa shape index (κ1) is 25.8. The molecule has 1 N–H and O–H groups in total. The number of likely N-dealkylation sites (N-methyl/N-ethyl adjacent to an activating group) is 1. The minimum absolute atomic E-state index is 0.0638. The lowest BCUT2D eigenvalue weighted by Gasteiger charge is -2.28. The molecular formula is C29H36N2O5. The Morgan fingerprint density at radius 3 is 2.64 bits per heavy atom. The summed E-state index contributed by atoms with van der Waals surface area (Å²) in [6, 6.07) is 12.2. The normalized spacial score (nSPS) is 20.6. The summed E-state index contributed by atoms with van der Waals surface area (Å²) >= 11 is 0.